The molecule has 0 bridgehead atoms. The van der Waals surface area contributed by atoms with Crippen LogP contribution in [0.1, 0.15) is 27.2 Å². The fourth-order valence-electron chi connectivity index (χ4n) is 3.37. The second-order valence-corrected chi connectivity index (χ2v) is 8.10. The van der Waals surface area contributed by atoms with E-state index in [1.54, 1.807) is 4.90 Å². The van der Waals surface area contributed by atoms with Gasteiger partial charge in [-0.3, -0.25) is 0 Å². The highest BCUT2D eigenvalue weighted by Crippen LogP contribution is 2.26. The number of ether oxygens (including phenoxy) is 1. The molecular formula is C20H29N5O2. The van der Waals surface area contributed by atoms with Crippen molar-refractivity contribution in [2.75, 3.05) is 43.9 Å². The average molecular weight is 371 g/mol. The fourth-order valence-corrected chi connectivity index (χ4v) is 3.37. The van der Waals surface area contributed by atoms with Crippen LogP contribution in [0, 0.1) is 5.92 Å². The molecule has 3 rings (SSSR count). The molecule has 7 heteroatoms. The number of fused-ring (bicyclic) bond motifs is 1. The molecule has 7 nitrogen and oxygen atoms in total. The van der Waals surface area contributed by atoms with Crippen LogP contribution in [0.2, 0.25) is 0 Å². The van der Waals surface area contributed by atoms with E-state index >= 15 is 0 Å². The van der Waals surface area contributed by atoms with E-state index in [0.29, 0.717) is 12.5 Å². The maximum absolute atomic E-state index is 12.3. The van der Waals surface area contributed by atoms with Gasteiger partial charge in [0.1, 0.15) is 5.60 Å². The molecule has 2 aromatic rings. The Bertz CT molecular complexity index is 818. The average Bonchev–Trinajstić information content (AvgIpc) is 3.07. The van der Waals surface area contributed by atoms with Gasteiger partial charge in [-0.2, -0.15) is 0 Å². The molecule has 1 N–H and O–H groups in total. The second-order valence-electron chi connectivity index (χ2n) is 8.10. The normalized spacial score (nSPS) is 17.2. The highest BCUT2D eigenvalue weighted by atomic mass is 16.6. The van der Waals surface area contributed by atoms with Gasteiger partial charge in [-0.25, -0.2) is 14.8 Å². The summed E-state index contributed by atoms with van der Waals surface area (Å²) in [6, 6.07) is 7.86. The lowest BCUT2D eigenvalue weighted by Crippen LogP contribution is -2.36. The number of carbonyl (C=O) groups is 1. The first-order valence-electron chi connectivity index (χ1n) is 9.40. The Labute approximate surface area is 160 Å². The van der Waals surface area contributed by atoms with Crippen LogP contribution in [-0.2, 0) is 4.74 Å². The van der Waals surface area contributed by atoms with E-state index in [2.05, 4.69) is 15.2 Å². The molecule has 0 aliphatic carbocycles. The number of para-hydroxylation sites is 2. The molecule has 0 radical (unpaired) electrons. The first-order valence-corrected chi connectivity index (χ1v) is 9.40. The number of amides is 1. The molecule has 0 unspecified atom stereocenters. The molecular weight excluding hydrogens is 342 g/mol. The minimum Gasteiger partial charge on any atom is -0.444 e. The van der Waals surface area contributed by atoms with Crippen molar-refractivity contribution in [3.05, 3.63) is 24.3 Å². The molecule has 1 aromatic carbocycles. The zero-order chi connectivity index (χ0) is 19.6. The van der Waals surface area contributed by atoms with Crippen molar-refractivity contribution in [2.24, 2.45) is 5.92 Å². The van der Waals surface area contributed by atoms with Crippen molar-refractivity contribution in [1.82, 2.24) is 14.9 Å². The molecule has 27 heavy (non-hydrogen) atoms. The van der Waals surface area contributed by atoms with E-state index in [9.17, 15) is 4.79 Å². The summed E-state index contributed by atoms with van der Waals surface area (Å²) in [6.07, 6.45) is 0.730. The number of aromatic nitrogens is 2. The highest BCUT2D eigenvalue weighted by Gasteiger charge is 2.30. The van der Waals surface area contributed by atoms with Gasteiger partial charge in [-0.15, -0.1) is 0 Å². The Morgan fingerprint density at radius 3 is 2.59 bits per heavy atom. The minimum atomic E-state index is -0.464. The number of carbonyl (C=O) groups excluding carboxylic acids is 1. The van der Waals surface area contributed by atoms with Crippen LogP contribution < -0.4 is 10.2 Å². The second kappa shape index (κ2) is 7.58. The summed E-state index contributed by atoms with van der Waals surface area (Å²) in [4.78, 5) is 25.6. The van der Waals surface area contributed by atoms with Crippen LogP contribution in [0.4, 0.5) is 16.4 Å². The Kier molecular flexibility index (Phi) is 5.39. The van der Waals surface area contributed by atoms with Gasteiger partial charge in [0.2, 0.25) is 0 Å². The maximum Gasteiger partial charge on any atom is 0.410 e. The van der Waals surface area contributed by atoms with Crippen LogP contribution in [0.25, 0.3) is 11.0 Å². The molecule has 2 heterocycles. The van der Waals surface area contributed by atoms with E-state index in [1.165, 1.54) is 0 Å². The van der Waals surface area contributed by atoms with E-state index in [4.69, 9.17) is 9.72 Å². The first kappa shape index (κ1) is 19.2. The highest BCUT2D eigenvalue weighted by molar-refractivity contribution is 5.80. The zero-order valence-corrected chi connectivity index (χ0v) is 16.8. The zero-order valence-electron chi connectivity index (χ0n) is 16.8. The number of likely N-dealkylation sites (tertiary alicyclic amines) is 1. The SMILES string of the molecule is CNc1nc2ccccc2nc1N(C)C[C@H]1CCN(C(=O)OC(C)(C)C)C1. The molecule has 1 amide bonds. The van der Waals surface area contributed by atoms with E-state index in [-0.39, 0.29) is 6.09 Å². The van der Waals surface area contributed by atoms with Crippen molar-refractivity contribution >= 4 is 28.8 Å². The van der Waals surface area contributed by atoms with E-state index < -0.39 is 5.60 Å². The number of hydrogen-bond donors (Lipinski definition) is 1. The standard InChI is InChI=1S/C20H29N5O2/c1-20(2,3)27-19(26)25-11-10-14(13-25)12-24(5)18-17(21-4)22-15-8-6-7-9-16(15)23-18/h6-9,14H,10-13H2,1-5H3,(H,21,22)/t14-/m1/s1. The van der Waals surface area contributed by atoms with Gasteiger partial charge in [0.05, 0.1) is 11.0 Å². The van der Waals surface area contributed by atoms with Crippen molar-refractivity contribution in [1.29, 1.82) is 0 Å². The van der Waals surface area contributed by atoms with Gasteiger partial charge in [0.25, 0.3) is 0 Å². The summed E-state index contributed by atoms with van der Waals surface area (Å²) in [5, 5.41) is 3.15. The largest absolute Gasteiger partial charge is 0.444 e. The van der Waals surface area contributed by atoms with Gasteiger partial charge in [0.15, 0.2) is 11.6 Å². The summed E-state index contributed by atoms with van der Waals surface area (Å²) >= 11 is 0. The Morgan fingerprint density at radius 1 is 1.30 bits per heavy atom. The number of hydrogen-bond acceptors (Lipinski definition) is 6. The number of rotatable bonds is 4. The molecule has 1 saturated heterocycles. The quantitative estimate of drug-likeness (QED) is 0.889. The third kappa shape index (κ3) is 4.59. The van der Waals surface area contributed by atoms with Gasteiger partial charge in [-0.1, -0.05) is 12.1 Å². The molecule has 146 valence electrons. The molecule has 0 saturated carbocycles. The van der Waals surface area contributed by atoms with Crippen molar-refractivity contribution in [3.63, 3.8) is 0 Å². The molecule has 1 atom stereocenters. The lowest BCUT2D eigenvalue weighted by Gasteiger charge is -2.26. The number of nitrogens with zero attached hydrogens (tertiary/aromatic N) is 4. The topological polar surface area (TPSA) is 70.6 Å². The summed E-state index contributed by atoms with van der Waals surface area (Å²) in [5.74, 6) is 1.96. The number of nitrogens with one attached hydrogen (secondary N) is 1. The predicted octanol–water partition coefficient (Wildman–Crippen LogP) is 3.36. The predicted molar refractivity (Wildman–Crippen MR) is 108 cm³/mol. The third-order valence-corrected chi connectivity index (χ3v) is 4.62. The first-order chi connectivity index (χ1) is 12.8. The summed E-state index contributed by atoms with van der Waals surface area (Å²) < 4.78 is 5.49. The third-order valence-electron chi connectivity index (χ3n) is 4.62. The fraction of sp³-hybridized carbons (Fsp3) is 0.550. The lowest BCUT2D eigenvalue weighted by atomic mass is 10.1. The summed E-state index contributed by atoms with van der Waals surface area (Å²) in [5.41, 5.74) is 1.28. The van der Waals surface area contributed by atoms with Gasteiger partial charge in [-0.05, 0) is 45.2 Å². The minimum absolute atomic E-state index is 0.228. The maximum atomic E-state index is 12.3. The van der Waals surface area contributed by atoms with E-state index in [1.807, 2.05) is 59.1 Å². The van der Waals surface area contributed by atoms with Gasteiger partial charge < -0.3 is 19.9 Å². The van der Waals surface area contributed by atoms with Crippen LogP contribution in [0.15, 0.2) is 24.3 Å². The Hall–Kier alpha value is -2.57. The van der Waals surface area contributed by atoms with Gasteiger partial charge in [0, 0.05) is 33.7 Å². The van der Waals surface area contributed by atoms with Crippen molar-refractivity contribution in [3.8, 4) is 0 Å². The number of anilines is 2. The van der Waals surface area contributed by atoms with Crippen LogP contribution in [0.5, 0.6) is 0 Å². The molecule has 0 spiro atoms. The monoisotopic (exact) mass is 371 g/mol. The summed E-state index contributed by atoms with van der Waals surface area (Å²) in [6.45, 7) is 7.92. The number of benzene rings is 1. The van der Waals surface area contributed by atoms with Crippen molar-refractivity contribution in [2.45, 2.75) is 32.8 Å². The lowest BCUT2D eigenvalue weighted by molar-refractivity contribution is 0.0288. The van der Waals surface area contributed by atoms with Crippen LogP contribution in [-0.4, -0.2) is 60.3 Å². The van der Waals surface area contributed by atoms with Gasteiger partial charge >= 0.3 is 6.09 Å². The Balaban J connectivity index is 1.68. The smallest absolute Gasteiger partial charge is 0.410 e. The Morgan fingerprint density at radius 2 is 1.96 bits per heavy atom. The van der Waals surface area contributed by atoms with Crippen LogP contribution >= 0.6 is 0 Å². The van der Waals surface area contributed by atoms with Crippen LogP contribution in [0.3, 0.4) is 0 Å². The molecule has 1 aliphatic rings. The molecule has 1 fully saturated rings. The molecule has 1 aromatic heterocycles. The summed E-state index contributed by atoms with van der Waals surface area (Å²) in [7, 11) is 3.88. The van der Waals surface area contributed by atoms with E-state index in [0.717, 1.165) is 42.2 Å². The molecule has 1 aliphatic heterocycles. The van der Waals surface area contributed by atoms with Crippen molar-refractivity contribution < 1.29 is 9.53 Å².